The summed E-state index contributed by atoms with van der Waals surface area (Å²) in [5.41, 5.74) is 2.33. The zero-order valence-corrected chi connectivity index (χ0v) is 16.0. The smallest absolute Gasteiger partial charge is 0.194 e. The number of nitrogens with zero attached hydrogens (tertiary/aromatic N) is 4. The van der Waals surface area contributed by atoms with Crippen molar-refractivity contribution < 1.29 is 0 Å². The van der Waals surface area contributed by atoms with E-state index in [1.165, 1.54) is 10.6 Å². The Morgan fingerprint density at radius 1 is 1.50 bits per heavy atom. The molecule has 0 radical (unpaired) electrons. The third-order valence-electron chi connectivity index (χ3n) is 3.52. The second-order valence-electron chi connectivity index (χ2n) is 5.27. The number of hydrogen-bond acceptors (Lipinski definition) is 3. The molecule has 2 aromatic heterocycles. The first-order valence-electron chi connectivity index (χ1n) is 7.06. The first kappa shape index (κ1) is 17.0. The Morgan fingerprint density at radius 3 is 2.73 bits per heavy atom. The molecule has 0 fully saturated rings. The molecule has 0 saturated heterocycles. The molecular formula is C15H22BrN5S. The zero-order chi connectivity index (χ0) is 16.3. The lowest BCUT2D eigenvalue weighted by Gasteiger charge is -2.22. The summed E-state index contributed by atoms with van der Waals surface area (Å²) in [7, 11) is 5.89. The van der Waals surface area contributed by atoms with E-state index in [0.717, 1.165) is 27.7 Å². The molecule has 1 N–H and O–H groups in total. The molecule has 5 nitrogen and oxygen atoms in total. The van der Waals surface area contributed by atoms with Crippen LogP contribution in [-0.4, -0.2) is 34.5 Å². The second-order valence-corrected chi connectivity index (χ2v) is 7.47. The highest BCUT2D eigenvalue weighted by Crippen LogP contribution is 2.17. The normalized spacial score (nSPS) is 11.8. The minimum absolute atomic E-state index is 0.702. The van der Waals surface area contributed by atoms with Gasteiger partial charge >= 0.3 is 0 Å². The van der Waals surface area contributed by atoms with Gasteiger partial charge in [0.2, 0.25) is 0 Å². The number of halogens is 1. The van der Waals surface area contributed by atoms with Crippen LogP contribution in [-0.2, 0) is 20.1 Å². The summed E-state index contributed by atoms with van der Waals surface area (Å²) in [5.74, 6) is 0.864. The number of hydrogen-bond donors (Lipinski definition) is 1. The minimum atomic E-state index is 0.702. The highest BCUT2D eigenvalue weighted by molar-refractivity contribution is 9.10. The van der Waals surface area contributed by atoms with E-state index in [9.17, 15) is 0 Å². The topological polar surface area (TPSA) is 45.5 Å². The van der Waals surface area contributed by atoms with Gasteiger partial charge in [-0.05, 0) is 35.8 Å². The summed E-state index contributed by atoms with van der Waals surface area (Å²) in [4.78, 5) is 12.3. The maximum Gasteiger partial charge on any atom is 0.194 e. The molecule has 0 aliphatic rings. The molecular weight excluding hydrogens is 362 g/mol. The van der Waals surface area contributed by atoms with Crippen LogP contribution < -0.4 is 5.32 Å². The Hall–Kier alpha value is -1.34. The van der Waals surface area contributed by atoms with Gasteiger partial charge in [0.1, 0.15) is 5.01 Å². The monoisotopic (exact) mass is 383 g/mol. The number of aromatic nitrogens is 2. The van der Waals surface area contributed by atoms with E-state index in [-0.39, 0.29) is 0 Å². The van der Waals surface area contributed by atoms with Gasteiger partial charge in [0.15, 0.2) is 5.96 Å². The van der Waals surface area contributed by atoms with Crippen molar-refractivity contribution in [3.8, 4) is 0 Å². The van der Waals surface area contributed by atoms with Crippen LogP contribution in [0.1, 0.15) is 21.3 Å². The molecule has 120 valence electrons. The van der Waals surface area contributed by atoms with Gasteiger partial charge in [0.25, 0.3) is 0 Å². The molecule has 0 aliphatic heterocycles. The average Bonchev–Trinajstić information content (AvgIpc) is 2.93. The van der Waals surface area contributed by atoms with Crippen LogP contribution in [0.4, 0.5) is 0 Å². The summed E-state index contributed by atoms with van der Waals surface area (Å²) in [6, 6.07) is 2.12. The number of guanidine groups is 1. The molecule has 0 spiro atoms. The third kappa shape index (κ3) is 4.10. The third-order valence-corrected chi connectivity index (χ3v) is 5.02. The van der Waals surface area contributed by atoms with Crippen LogP contribution in [0, 0.1) is 13.8 Å². The van der Waals surface area contributed by atoms with Crippen molar-refractivity contribution in [3.63, 3.8) is 0 Å². The quantitative estimate of drug-likeness (QED) is 0.651. The minimum Gasteiger partial charge on any atom is -0.352 e. The number of rotatable bonds is 4. The standard InChI is InChI=1S/C15H22BrN5S/c1-10-11(2)22-14(19-10)7-18-15(17-3)21(5)9-13-6-12(16)8-20(13)4/h6,8H,7,9H2,1-5H3,(H,17,18). The van der Waals surface area contributed by atoms with Crippen molar-refractivity contribution in [1.29, 1.82) is 0 Å². The summed E-state index contributed by atoms with van der Waals surface area (Å²) >= 11 is 5.24. The molecule has 0 amide bonds. The first-order chi connectivity index (χ1) is 10.4. The summed E-state index contributed by atoms with van der Waals surface area (Å²) in [5, 5.41) is 4.46. The van der Waals surface area contributed by atoms with Gasteiger partial charge in [-0.25, -0.2) is 4.98 Å². The van der Waals surface area contributed by atoms with Gasteiger partial charge in [-0.15, -0.1) is 11.3 Å². The van der Waals surface area contributed by atoms with E-state index >= 15 is 0 Å². The Labute approximate surface area is 144 Å². The highest BCUT2D eigenvalue weighted by atomic mass is 79.9. The summed E-state index contributed by atoms with van der Waals surface area (Å²) in [6.07, 6.45) is 2.06. The molecule has 0 atom stereocenters. The lowest BCUT2D eigenvalue weighted by atomic mass is 10.4. The van der Waals surface area contributed by atoms with Crippen molar-refractivity contribution in [2.24, 2.45) is 12.0 Å². The van der Waals surface area contributed by atoms with E-state index in [0.29, 0.717) is 6.54 Å². The van der Waals surface area contributed by atoms with Gasteiger partial charge < -0.3 is 14.8 Å². The summed E-state index contributed by atoms with van der Waals surface area (Å²) in [6.45, 7) is 5.64. The Bertz CT molecular complexity index is 654. The van der Waals surface area contributed by atoms with Gasteiger partial charge in [-0.3, -0.25) is 4.99 Å². The zero-order valence-electron chi connectivity index (χ0n) is 13.6. The van der Waals surface area contributed by atoms with Crippen molar-refractivity contribution >= 4 is 33.2 Å². The lowest BCUT2D eigenvalue weighted by molar-refractivity contribution is 0.461. The fourth-order valence-electron chi connectivity index (χ4n) is 2.20. The fraction of sp³-hybridized carbons (Fsp3) is 0.467. The van der Waals surface area contributed by atoms with E-state index in [2.05, 4.69) is 59.9 Å². The van der Waals surface area contributed by atoms with Crippen molar-refractivity contribution in [3.05, 3.63) is 38.0 Å². The predicted molar refractivity (Wildman–Crippen MR) is 96.4 cm³/mol. The van der Waals surface area contributed by atoms with Crippen LogP contribution >= 0.6 is 27.3 Å². The van der Waals surface area contributed by atoms with Crippen LogP contribution in [0.25, 0.3) is 0 Å². The fourth-order valence-corrected chi connectivity index (χ4v) is 3.64. The number of aliphatic imine (C=N–C) groups is 1. The number of nitrogens with one attached hydrogen (secondary N) is 1. The average molecular weight is 384 g/mol. The number of aryl methyl sites for hydroxylation is 3. The van der Waals surface area contributed by atoms with Gasteiger partial charge in [-0.2, -0.15) is 0 Å². The molecule has 7 heteroatoms. The predicted octanol–water partition coefficient (Wildman–Crippen LogP) is 3.07. The molecule has 0 aliphatic carbocycles. The molecule has 0 aromatic carbocycles. The Kier molecular flexibility index (Phi) is 5.63. The largest absolute Gasteiger partial charge is 0.352 e. The van der Waals surface area contributed by atoms with E-state index in [1.807, 2.05) is 21.0 Å². The van der Waals surface area contributed by atoms with Crippen LogP contribution in [0.3, 0.4) is 0 Å². The molecule has 0 bridgehead atoms. The van der Waals surface area contributed by atoms with Crippen LogP contribution in [0.5, 0.6) is 0 Å². The lowest BCUT2D eigenvalue weighted by Crippen LogP contribution is -2.38. The molecule has 2 aromatic rings. The van der Waals surface area contributed by atoms with Crippen molar-refractivity contribution in [1.82, 2.24) is 19.8 Å². The molecule has 0 saturated carbocycles. The SMILES string of the molecule is CN=C(NCc1nc(C)c(C)s1)N(C)Cc1cc(Br)cn1C. The van der Waals surface area contributed by atoms with Crippen molar-refractivity contribution in [2.45, 2.75) is 26.9 Å². The van der Waals surface area contributed by atoms with Gasteiger partial charge in [-0.1, -0.05) is 0 Å². The van der Waals surface area contributed by atoms with Gasteiger partial charge in [0.05, 0.1) is 18.8 Å². The van der Waals surface area contributed by atoms with Gasteiger partial charge in [0, 0.05) is 42.4 Å². The maximum absolute atomic E-state index is 4.55. The highest BCUT2D eigenvalue weighted by Gasteiger charge is 2.11. The van der Waals surface area contributed by atoms with Crippen LogP contribution in [0.15, 0.2) is 21.7 Å². The van der Waals surface area contributed by atoms with Crippen LogP contribution in [0.2, 0.25) is 0 Å². The van der Waals surface area contributed by atoms with E-state index in [1.54, 1.807) is 18.4 Å². The summed E-state index contributed by atoms with van der Waals surface area (Å²) < 4.78 is 3.21. The molecule has 22 heavy (non-hydrogen) atoms. The number of thiazole rings is 1. The van der Waals surface area contributed by atoms with E-state index < -0.39 is 0 Å². The molecule has 0 unspecified atom stereocenters. The Morgan fingerprint density at radius 2 is 2.23 bits per heavy atom. The van der Waals surface area contributed by atoms with E-state index in [4.69, 9.17) is 0 Å². The molecule has 2 rings (SSSR count). The Balaban J connectivity index is 1.97. The second kappa shape index (κ2) is 7.28. The first-order valence-corrected chi connectivity index (χ1v) is 8.67. The van der Waals surface area contributed by atoms with Crippen molar-refractivity contribution in [2.75, 3.05) is 14.1 Å². The maximum atomic E-state index is 4.55. The molecule has 2 heterocycles.